The Morgan fingerprint density at radius 2 is 1.93 bits per heavy atom. The molecule has 3 rings (SSSR count). The molecule has 1 aliphatic heterocycles. The number of hydrogen-bond donors (Lipinski definition) is 1. The van der Waals surface area contributed by atoms with Gasteiger partial charge in [-0.3, -0.25) is 9.59 Å². The Morgan fingerprint density at radius 1 is 1.14 bits per heavy atom. The molecule has 1 amide bonds. The summed E-state index contributed by atoms with van der Waals surface area (Å²) in [5.74, 6) is 0.711. The molecule has 7 nitrogen and oxygen atoms in total. The van der Waals surface area contributed by atoms with Gasteiger partial charge in [0.25, 0.3) is 5.91 Å². The quantitative estimate of drug-likeness (QED) is 0.825. The third-order valence-electron chi connectivity index (χ3n) is 4.66. The molecule has 2 aromatic rings. The number of benzene rings is 2. The van der Waals surface area contributed by atoms with Crippen LogP contribution >= 0.6 is 0 Å². The maximum absolute atomic E-state index is 12.9. The van der Waals surface area contributed by atoms with E-state index in [9.17, 15) is 9.59 Å². The second-order valence-electron chi connectivity index (χ2n) is 6.45. The van der Waals surface area contributed by atoms with Crippen molar-refractivity contribution in [1.29, 1.82) is 0 Å². The maximum atomic E-state index is 12.9. The van der Waals surface area contributed by atoms with Crippen molar-refractivity contribution in [2.45, 2.75) is 13.0 Å². The monoisotopic (exact) mass is 384 g/mol. The van der Waals surface area contributed by atoms with Gasteiger partial charge in [0.1, 0.15) is 17.6 Å². The van der Waals surface area contributed by atoms with Crippen LogP contribution in [0.15, 0.2) is 42.5 Å². The highest BCUT2D eigenvalue weighted by molar-refractivity contribution is 6.08. The Hall–Kier alpha value is -3.06. The molecular formula is C21H24N2O5. The van der Waals surface area contributed by atoms with Crippen LogP contribution in [0.25, 0.3) is 0 Å². The van der Waals surface area contributed by atoms with Gasteiger partial charge in [0.05, 0.1) is 44.3 Å². The molecule has 0 saturated carbocycles. The van der Waals surface area contributed by atoms with Gasteiger partial charge in [-0.15, -0.1) is 0 Å². The normalized spacial score (nSPS) is 16.4. The van der Waals surface area contributed by atoms with Crippen molar-refractivity contribution < 1.29 is 23.8 Å². The van der Waals surface area contributed by atoms with Gasteiger partial charge in [0.2, 0.25) is 0 Å². The predicted molar refractivity (Wildman–Crippen MR) is 107 cm³/mol. The molecule has 1 atom stereocenters. The van der Waals surface area contributed by atoms with E-state index in [2.05, 4.69) is 5.32 Å². The Morgan fingerprint density at radius 3 is 2.64 bits per heavy atom. The lowest BCUT2D eigenvalue weighted by Gasteiger charge is -2.34. The van der Waals surface area contributed by atoms with Crippen LogP contribution in [0, 0.1) is 0 Å². The number of nitrogens with zero attached hydrogens (tertiary/aromatic N) is 1. The molecule has 28 heavy (non-hydrogen) atoms. The molecule has 0 aliphatic carbocycles. The molecule has 1 unspecified atom stereocenters. The van der Waals surface area contributed by atoms with Gasteiger partial charge in [0.15, 0.2) is 5.78 Å². The number of morpholine rings is 1. The number of hydrogen-bond acceptors (Lipinski definition) is 6. The fraction of sp³-hybridized carbons (Fsp3) is 0.333. The second kappa shape index (κ2) is 8.75. The molecule has 1 fully saturated rings. The van der Waals surface area contributed by atoms with Gasteiger partial charge in [-0.2, -0.15) is 0 Å². The zero-order chi connectivity index (χ0) is 20.1. The van der Waals surface area contributed by atoms with Crippen molar-refractivity contribution in [2.75, 3.05) is 44.1 Å². The lowest BCUT2D eigenvalue weighted by atomic mass is 10.1. The molecule has 148 valence electrons. The van der Waals surface area contributed by atoms with E-state index >= 15 is 0 Å². The van der Waals surface area contributed by atoms with E-state index in [1.165, 1.54) is 14.0 Å². The average molecular weight is 384 g/mol. The van der Waals surface area contributed by atoms with Gasteiger partial charge in [-0.25, -0.2) is 0 Å². The van der Waals surface area contributed by atoms with E-state index in [-0.39, 0.29) is 11.7 Å². The zero-order valence-corrected chi connectivity index (χ0v) is 16.2. The highest BCUT2D eigenvalue weighted by atomic mass is 16.5. The first-order valence-electron chi connectivity index (χ1n) is 9.03. The van der Waals surface area contributed by atoms with Crippen LogP contribution in [0.5, 0.6) is 11.5 Å². The van der Waals surface area contributed by atoms with Gasteiger partial charge in [0, 0.05) is 6.54 Å². The number of ether oxygens (including phenoxy) is 3. The smallest absolute Gasteiger partial charge is 0.259 e. The van der Waals surface area contributed by atoms with E-state index < -0.39 is 6.10 Å². The number of anilines is 2. The standard InChI is InChI=1S/C21H24N2O5/c1-14(24)20-13-23(10-11-28-20)18-7-5-4-6-17(18)22-21(25)16-12-15(26-2)8-9-19(16)27-3/h4-9,12,20H,10-11,13H2,1-3H3,(H,22,25). The Bertz CT molecular complexity index is 868. The molecule has 1 aliphatic rings. The van der Waals surface area contributed by atoms with Crippen molar-refractivity contribution in [3.63, 3.8) is 0 Å². The highest BCUT2D eigenvalue weighted by Gasteiger charge is 2.26. The van der Waals surface area contributed by atoms with Crippen molar-refractivity contribution in [1.82, 2.24) is 0 Å². The predicted octanol–water partition coefficient (Wildman–Crippen LogP) is 2.75. The summed E-state index contributed by atoms with van der Waals surface area (Å²) in [6.45, 7) is 3.07. The molecule has 1 N–H and O–H groups in total. The lowest BCUT2D eigenvalue weighted by molar-refractivity contribution is -0.128. The number of methoxy groups -OCH3 is 2. The summed E-state index contributed by atoms with van der Waals surface area (Å²) in [5, 5.41) is 2.95. The zero-order valence-electron chi connectivity index (χ0n) is 16.2. The van der Waals surface area contributed by atoms with E-state index in [1.807, 2.05) is 29.2 Å². The highest BCUT2D eigenvalue weighted by Crippen LogP contribution is 2.30. The number of Topliss-reactive ketones (excluding diaryl/α,β-unsaturated/α-hetero) is 1. The third kappa shape index (κ3) is 4.26. The SMILES string of the molecule is COc1ccc(OC)c(C(=O)Nc2ccccc2N2CCOC(C(C)=O)C2)c1. The Balaban J connectivity index is 1.86. The molecular weight excluding hydrogens is 360 g/mol. The first-order valence-corrected chi connectivity index (χ1v) is 9.03. The topological polar surface area (TPSA) is 77.1 Å². The van der Waals surface area contributed by atoms with Gasteiger partial charge in [-0.05, 0) is 37.3 Å². The van der Waals surface area contributed by atoms with Crippen LogP contribution in [0.2, 0.25) is 0 Å². The molecule has 0 aromatic heterocycles. The second-order valence-corrected chi connectivity index (χ2v) is 6.45. The van der Waals surface area contributed by atoms with E-state index in [1.54, 1.807) is 25.3 Å². The summed E-state index contributed by atoms with van der Waals surface area (Å²) in [7, 11) is 3.06. The van der Waals surface area contributed by atoms with Gasteiger partial charge in [-0.1, -0.05) is 12.1 Å². The number of ketones is 1. The minimum Gasteiger partial charge on any atom is -0.497 e. The number of amides is 1. The van der Waals surface area contributed by atoms with E-state index in [0.29, 0.717) is 42.4 Å². The first-order chi connectivity index (χ1) is 13.5. The minimum atomic E-state index is -0.462. The summed E-state index contributed by atoms with van der Waals surface area (Å²) >= 11 is 0. The number of para-hydroxylation sites is 2. The van der Waals surface area contributed by atoms with Crippen molar-refractivity contribution in [3.05, 3.63) is 48.0 Å². The third-order valence-corrected chi connectivity index (χ3v) is 4.66. The largest absolute Gasteiger partial charge is 0.497 e. The Kier molecular flexibility index (Phi) is 6.16. The summed E-state index contributed by atoms with van der Waals surface area (Å²) in [6.07, 6.45) is -0.462. The van der Waals surface area contributed by atoms with Crippen LogP contribution < -0.4 is 19.7 Å². The molecule has 0 spiro atoms. The molecule has 1 saturated heterocycles. The maximum Gasteiger partial charge on any atom is 0.259 e. The summed E-state index contributed by atoms with van der Waals surface area (Å²) in [4.78, 5) is 26.7. The lowest BCUT2D eigenvalue weighted by Crippen LogP contribution is -2.45. The van der Waals surface area contributed by atoms with Crippen LogP contribution in [0.1, 0.15) is 17.3 Å². The average Bonchev–Trinajstić information content (AvgIpc) is 2.73. The molecule has 0 radical (unpaired) electrons. The summed E-state index contributed by atoms with van der Waals surface area (Å²) in [5.41, 5.74) is 1.87. The van der Waals surface area contributed by atoms with Crippen molar-refractivity contribution in [3.8, 4) is 11.5 Å². The van der Waals surface area contributed by atoms with Crippen molar-refractivity contribution >= 4 is 23.1 Å². The van der Waals surface area contributed by atoms with Gasteiger partial charge >= 0.3 is 0 Å². The van der Waals surface area contributed by atoms with Gasteiger partial charge < -0.3 is 24.4 Å². The van der Waals surface area contributed by atoms with E-state index in [4.69, 9.17) is 14.2 Å². The van der Waals surface area contributed by atoms with Crippen LogP contribution in [0.4, 0.5) is 11.4 Å². The Labute approximate surface area is 164 Å². The molecule has 0 bridgehead atoms. The number of nitrogens with one attached hydrogen (secondary N) is 1. The minimum absolute atomic E-state index is 0.00710. The summed E-state index contributed by atoms with van der Waals surface area (Å²) < 4.78 is 16.1. The number of rotatable bonds is 6. The van der Waals surface area contributed by atoms with Crippen LogP contribution in [-0.4, -0.2) is 51.7 Å². The molecule has 2 aromatic carbocycles. The molecule has 7 heteroatoms. The fourth-order valence-corrected chi connectivity index (χ4v) is 3.15. The number of carbonyl (C=O) groups excluding carboxylic acids is 2. The first kappa shape index (κ1) is 19.7. The van der Waals surface area contributed by atoms with Crippen LogP contribution in [0.3, 0.4) is 0 Å². The fourth-order valence-electron chi connectivity index (χ4n) is 3.15. The number of carbonyl (C=O) groups is 2. The van der Waals surface area contributed by atoms with Crippen LogP contribution in [-0.2, 0) is 9.53 Å². The molecule has 1 heterocycles. The van der Waals surface area contributed by atoms with Crippen molar-refractivity contribution in [2.24, 2.45) is 0 Å². The summed E-state index contributed by atoms with van der Waals surface area (Å²) in [6, 6.07) is 12.6. The van der Waals surface area contributed by atoms with E-state index in [0.717, 1.165) is 5.69 Å².